The summed E-state index contributed by atoms with van der Waals surface area (Å²) in [5, 5.41) is 11.3. The number of hydrogen-bond acceptors (Lipinski definition) is 4. The molecule has 0 saturated carbocycles. The number of nitrogens with one attached hydrogen (secondary N) is 1. The third kappa shape index (κ3) is 2.63. The van der Waals surface area contributed by atoms with Crippen LogP contribution in [-0.2, 0) is 0 Å². The van der Waals surface area contributed by atoms with E-state index in [0.29, 0.717) is 38.2 Å². The Bertz CT molecular complexity index is 1050. The molecular weight excluding hydrogens is 333 g/mol. The second kappa shape index (κ2) is 5.69. The van der Waals surface area contributed by atoms with Crippen LogP contribution < -0.4 is 0 Å². The quantitative estimate of drug-likeness (QED) is 0.615. The highest BCUT2D eigenvalue weighted by molar-refractivity contribution is 5.96. The lowest BCUT2D eigenvalue weighted by molar-refractivity contribution is 0.0569. The molecule has 9 heteroatoms. The van der Waals surface area contributed by atoms with E-state index < -0.39 is 12.4 Å². The summed E-state index contributed by atoms with van der Waals surface area (Å²) >= 11 is 0. The second-order valence-corrected chi connectivity index (χ2v) is 5.45. The third-order valence-corrected chi connectivity index (χ3v) is 3.74. The third-order valence-electron chi connectivity index (χ3n) is 3.74. The number of H-pyrrole nitrogens is 1. The van der Waals surface area contributed by atoms with Crippen LogP contribution in [-0.4, -0.2) is 29.9 Å². The van der Waals surface area contributed by atoms with Crippen LogP contribution in [0.3, 0.4) is 0 Å². The van der Waals surface area contributed by atoms with Crippen molar-refractivity contribution in [3.63, 3.8) is 0 Å². The highest BCUT2D eigenvalue weighted by Gasteiger charge is 2.20. The lowest BCUT2D eigenvalue weighted by Gasteiger charge is -2.05. The number of fused-ring (bicyclic) bond motifs is 1. The predicted molar refractivity (Wildman–Crippen MR) is 84.3 cm³/mol. The first kappa shape index (κ1) is 15.3. The van der Waals surface area contributed by atoms with Crippen molar-refractivity contribution >= 4 is 11.0 Å². The maximum Gasteiger partial charge on any atom is 0.333 e. The van der Waals surface area contributed by atoms with Gasteiger partial charge < -0.3 is 0 Å². The highest BCUT2D eigenvalue weighted by atomic mass is 19.3. The Morgan fingerprint density at radius 1 is 1.16 bits per heavy atom. The summed E-state index contributed by atoms with van der Waals surface area (Å²) in [6, 6.07) is 4.37. The van der Waals surface area contributed by atoms with Crippen molar-refractivity contribution in [2.24, 2.45) is 0 Å². The number of aromatic amines is 1. The van der Waals surface area contributed by atoms with Gasteiger partial charge in [0.15, 0.2) is 5.65 Å². The van der Waals surface area contributed by atoms with E-state index in [9.17, 15) is 13.2 Å². The van der Waals surface area contributed by atoms with Crippen LogP contribution in [0.15, 0.2) is 36.8 Å². The van der Waals surface area contributed by atoms with Gasteiger partial charge in [0.2, 0.25) is 0 Å². The van der Waals surface area contributed by atoms with E-state index in [1.54, 1.807) is 19.2 Å². The summed E-state index contributed by atoms with van der Waals surface area (Å²) < 4.78 is 40.1. The van der Waals surface area contributed by atoms with Crippen molar-refractivity contribution in [1.29, 1.82) is 0 Å². The lowest BCUT2D eigenvalue weighted by Crippen LogP contribution is -1.98. The van der Waals surface area contributed by atoms with E-state index in [4.69, 9.17) is 0 Å². The summed E-state index contributed by atoms with van der Waals surface area (Å²) in [4.78, 5) is 8.28. The second-order valence-electron chi connectivity index (χ2n) is 5.45. The standard InChI is InChI=1S/C16H11F3N6/c1-8-4-10(11-6-21-23-15(11)22-8)12-7-25(16(18)19)24-14(12)13-3-2-9(17)5-20-13/h2-7,16H,1H3,(H,21,22,23). The molecule has 0 aliphatic carbocycles. The molecule has 0 saturated heterocycles. The van der Waals surface area contributed by atoms with Crippen molar-refractivity contribution < 1.29 is 13.2 Å². The maximum atomic E-state index is 13.2. The van der Waals surface area contributed by atoms with Gasteiger partial charge in [-0.1, -0.05) is 0 Å². The van der Waals surface area contributed by atoms with Crippen LogP contribution in [0.4, 0.5) is 13.2 Å². The smallest absolute Gasteiger partial charge is 0.261 e. The number of pyridine rings is 2. The highest BCUT2D eigenvalue weighted by Crippen LogP contribution is 2.35. The largest absolute Gasteiger partial charge is 0.333 e. The molecule has 0 atom stereocenters. The molecule has 0 spiro atoms. The zero-order valence-corrected chi connectivity index (χ0v) is 12.9. The summed E-state index contributed by atoms with van der Waals surface area (Å²) in [5.41, 5.74) is 2.84. The molecule has 0 aromatic carbocycles. The minimum atomic E-state index is -2.81. The monoisotopic (exact) mass is 344 g/mol. The molecule has 6 nitrogen and oxygen atoms in total. The first-order valence-electron chi connectivity index (χ1n) is 7.33. The molecule has 4 rings (SSSR count). The predicted octanol–water partition coefficient (Wildman–Crippen LogP) is 3.73. The van der Waals surface area contributed by atoms with Gasteiger partial charge in [0, 0.05) is 22.8 Å². The minimum Gasteiger partial charge on any atom is -0.261 e. The van der Waals surface area contributed by atoms with E-state index in [-0.39, 0.29) is 5.69 Å². The van der Waals surface area contributed by atoms with Crippen LogP contribution >= 0.6 is 0 Å². The number of aryl methyl sites for hydroxylation is 1. The van der Waals surface area contributed by atoms with Crippen molar-refractivity contribution in [3.8, 4) is 22.5 Å². The summed E-state index contributed by atoms with van der Waals surface area (Å²) in [7, 11) is 0. The Hall–Kier alpha value is -3.23. The molecule has 1 N–H and O–H groups in total. The molecule has 126 valence electrons. The van der Waals surface area contributed by atoms with E-state index in [0.717, 1.165) is 6.20 Å². The fourth-order valence-corrected chi connectivity index (χ4v) is 2.67. The zero-order valence-electron chi connectivity index (χ0n) is 12.9. The van der Waals surface area contributed by atoms with E-state index in [1.165, 1.54) is 18.3 Å². The van der Waals surface area contributed by atoms with E-state index in [1.807, 2.05) is 0 Å². The SMILES string of the molecule is Cc1cc(-c2cn(C(F)F)nc2-c2ccc(F)cn2)c2cn[nH]c2n1. The number of aromatic nitrogens is 6. The molecule has 4 heterocycles. The zero-order chi connectivity index (χ0) is 17.6. The van der Waals surface area contributed by atoms with Gasteiger partial charge in [-0.15, -0.1) is 0 Å². The minimum absolute atomic E-state index is 0.230. The van der Waals surface area contributed by atoms with Gasteiger partial charge in [0.1, 0.15) is 11.5 Å². The van der Waals surface area contributed by atoms with Crippen LogP contribution in [0.2, 0.25) is 0 Å². The first-order chi connectivity index (χ1) is 12.0. The topological polar surface area (TPSA) is 72.3 Å². The van der Waals surface area contributed by atoms with Crippen molar-refractivity contribution in [3.05, 3.63) is 48.3 Å². The normalized spacial score (nSPS) is 11.6. The molecule has 0 aliphatic heterocycles. The number of hydrogen-bond donors (Lipinski definition) is 1. The molecule has 0 unspecified atom stereocenters. The Morgan fingerprint density at radius 3 is 2.72 bits per heavy atom. The molecule has 0 radical (unpaired) electrons. The van der Waals surface area contributed by atoms with E-state index in [2.05, 4.69) is 25.3 Å². The van der Waals surface area contributed by atoms with Gasteiger partial charge in [-0.2, -0.15) is 19.0 Å². The molecule has 0 aliphatic rings. The van der Waals surface area contributed by atoms with Crippen molar-refractivity contribution in [2.45, 2.75) is 13.5 Å². The Morgan fingerprint density at radius 2 is 2.00 bits per heavy atom. The summed E-state index contributed by atoms with van der Waals surface area (Å²) in [5.74, 6) is -0.518. The van der Waals surface area contributed by atoms with Gasteiger partial charge >= 0.3 is 6.55 Å². The molecule has 25 heavy (non-hydrogen) atoms. The number of nitrogens with zero attached hydrogens (tertiary/aromatic N) is 5. The molecule has 0 fully saturated rings. The summed E-state index contributed by atoms with van der Waals surface area (Å²) in [6.45, 7) is -1.02. The van der Waals surface area contributed by atoms with Crippen molar-refractivity contribution in [2.75, 3.05) is 0 Å². The number of alkyl halides is 2. The van der Waals surface area contributed by atoms with Crippen LogP contribution in [0.1, 0.15) is 12.2 Å². The fraction of sp³-hybridized carbons (Fsp3) is 0.125. The van der Waals surface area contributed by atoms with Gasteiger partial charge in [0.05, 0.1) is 18.1 Å². The molecule has 4 aromatic heterocycles. The van der Waals surface area contributed by atoms with Gasteiger partial charge in [-0.3, -0.25) is 10.1 Å². The van der Waals surface area contributed by atoms with Crippen LogP contribution in [0.25, 0.3) is 33.5 Å². The number of rotatable bonds is 3. The molecule has 4 aromatic rings. The van der Waals surface area contributed by atoms with Gasteiger partial charge in [-0.05, 0) is 30.7 Å². The molecular formula is C16H11F3N6. The van der Waals surface area contributed by atoms with E-state index >= 15 is 0 Å². The Balaban J connectivity index is 2.00. The average Bonchev–Trinajstić information content (AvgIpc) is 3.21. The fourth-order valence-electron chi connectivity index (χ4n) is 2.67. The van der Waals surface area contributed by atoms with Crippen LogP contribution in [0, 0.1) is 12.7 Å². The lowest BCUT2D eigenvalue weighted by atomic mass is 10.0. The summed E-state index contributed by atoms with van der Waals surface area (Å²) in [6.07, 6.45) is 3.83. The average molecular weight is 344 g/mol. The number of halogens is 3. The van der Waals surface area contributed by atoms with Gasteiger partial charge in [0.25, 0.3) is 0 Å². The Labute approximate surface area is 139 Å². The van der Waals surface area contributed by atoms with Gasteiger partial charge in [-0.25, -0.2) is 14.1 Å². The van der Waals surface area contributed by atoms with Crippen LogP contribution in [0.5, 0.6) is 0 Å². The molecule has 0 amide bonds. The van der Waals surface area contributed by atoms with Crippen molar-refractivity contribution in [1.82, 2.24) is 29.9 Å². The first-order valence-corrected chi connectivity index (χ1v) is 7.33. The molecule has 0 bridgehead atoms. The Kier molecular flexibility index (Phi) is 3.48. The maximum absolute atomic E-state index is 13.2.